The van der Waals surface area contributed by atoms with Gasteiger partial charge in [0.25, 0.3) is 6.43 Å². The van der Waals surface area contributed by atoms with Gasteiger partial charge in [0.05, 0.1) is 12.6 Å². The highest BCUT2D eigenvalue weighted by atomic mass is 19.3. The minimum absolute atomic E-state index is 0.152. The molecule has 0 aliphatic heterocycles. The van der Waals surface area contributed by atoms with Gasteiger partial charge in [-0.05, 0) is 26.7 Å². The third kappa shape index (κ3) is 5.18. The van der Waals surface area contributed by atoms with Crippen LogP contribution in [-0.4, -0.2) is 16.9 Å². The number of halogens is 2. The molecule has 0 N–H and O–H groups in total. The number of nitrogens with zero attached hydrogens (tertiary/aromatic N) is 2. The molecule has 1 rings (SSSR count). The van der Waals surface area contributed by atoms with Gasteiger partial charge in [-0.2, -0.15) is 5.10 Å². The molecule has 1 unspecified atom stereocenters. The van der Waals surface area contributed by atoms with E-state index in [1.54, 1.807) is 11.6 Å². The number of methoxy groups -OCH3 is 1. The van der Waals surface area contributed by atoms with E-state index in [2.05, 4.69) is 25.9 Å². The molecule has 0 spiro atoms. The Hall–Kier alpha value is -1.13. The third-order valence-electron chi connectivity index (χ3n) is 4.90. The molecule has 0 saturated carbocycles. The molecule has 3 nitrogen and oxygen atoms in total. The quantitative estimate of drug-likeness (QED) is 0.410. The van der Waals surface area contributed by atoms with E-state index in [1.807, 2.05) is 0 Å². The first-order chi connectivity index (χ1) is 11.4. The number of rotatable bonds is 12. The van der Waals surface area contributed by atoms with Gasteiger partial charge in [-0.1, -0.05) is 58.8 Å². The topological polar surface area (TPSA) is 27.1 Å². The van der Waals surface area contributed by atoms with Crippen molar-refractivity contribution in [2.45, 2.75) is 97.4 Å². The van der Waals surface area contributed by atoms with Crippen molar-refractivity contribution in [3.05, 3.63) is 11.3 Å². The second-order valence-corrected chi connectivity index (χ2v) is 7.00. The highest BCUT2D eigenvalue weighted by molar-refractivity contribution is 5.32. The molecule has 0 amide bonds. The van der Waals surface area contributed by atoms with Crippen molar-refractivity contribution in [3.63, 3.8) is 0 Å². The molecule has 0 aromatic carbocycles. The van der Waals surface area contributed by atoms with Crippen LogP contribution in [0.25, 0.3) is 0 Å². The van der Waals surface area contributed by atoms with Crippen LogP contribution in [0.4, 0.5) is 8.78 Å². The summed E-state index contributed by atoms with van der Waals surface area (Å²) >= 11 is 0. The van der Waals surface area contributed by atoms with Crippen molar-refractivity contribution in [2.75, 3.05) is 7.11 Å². The first kappa shape index (κ1) is 20.9. The summed E-state index contributed by atoms with van der Waals surface area (Å²) in [6.07, 6.45) is 7.41. The van der Waals surface area contributed by atoms with Crippen LogP contribution >= 0.6 is 0 Å². The SMILES string of the molecule is CCCCCCCC(C)(CCCC)n1nc(C(F)F)c(C)c1OC. The van der Waals surface area contributed by atoms with Gasteiger partial charge in [0, 0.05) is 5.56 Å². The van der Waals surface area contributed by atoms with Crippen molar-refractivity contribution in [1.29, 1.82) is 0 Å². The van der Waals surface area contributed by atoms with Gasteiger partial charge in [0.1, 0.15) is 5.69 Å². The second-order valence-electron chi connectivity index (χ2n) is 7.00. The molecule has 0 saturated heterocycles. The third-order valence-corrected chi connectivity index (χ3v) is 4.90. The lowest BCUT2D eigenvalue weighted by Crippen LogP contribution is -2.32. The van der Waals surface area contributed by atoms with Crippen molar-refractivity contribution in [1.82, 2.24) is 9.78 Å². The summed E-state index contributed by atoms with van der Waals surface area (Å²) in [6, 6.07) is 0. The lowest BCUT2D eigenvalue weighted by molar-refractivity contribution is 0.140. The second kappa shape index (κ2) is 10.00. The van der Waals surface area contributed by atoms with Gasteiger partial charge in [-0.3, -0.25) is 0 Å². The fourth-order valence-corrected chi connectivity index (χ4v) is 3.31. The summed E-state index contributed by atoms with van der Waals surface area (Å²) in [6.45, 7) is 8.16. The summed E-state index contributed by atoms with van der Waals surface area (Å²) < 4.78 is 33.7. The largest absolute Gasteiger partial charge is 0.481 e. The molecule has 140 valence electrons. The van der Waals surface area contributed by atoms with E-state index in [-0.39, 0.29) is 11.2 Å². The van der Waals surface area contributed by atoms with Crippen molar-refractivity contribution >= 4 is 0 Å². The molecule has 0 bridgehead atoms. The first-order valence-corrected chi connectivity index (χ1v) is 9.33. The molecule has 24 heavy (non-hydrogen) atoms. The van der Waals surface area contributed by atoms with E-state index in [4.69, 9.17) is 4.74 Å². The standard InChI is InChI=1S/C19H34F2N2O/c1-6-8-10-11-12-14-19(4,13-9-7-2)23-18(24-5)15(3)16(22-23)17(20)21/h17H,6-14H2,1-5H3. The Morgan fingerprint density at radius 2 is 1.62 bits per heavy atom. The lowest BCUT2D eigenvalue weighted by atomic mass is 9.88. The van der Waals surface area contributed by atoms with E-state index < -0.39 is 6.43 Å². The Balaban J connectivity index is 3.03. The molecule has 1 aromatic rings. The van der Waals surface area contributed by atoms with E-state index in [1.165, 1.54) is 32.8 Å². The maximum absolute atomic E-state index is 13.3. The van der Waals surface area contributed by atoms with Gasteiger partial charge in [0.15, 0.2) is 0 Å². The van der Waals surface area contributed by atoms with Crippen LogP contribution in [0, 0.1) is 6.92 Å². The fraction of sp³-hybridized carbons (Fsp3) is 0.842. The minimum Gasteiger partial charge on any atom is -0.481 e. The van der Waals surface area contributed by atoms with Crippen LogP contribution in [0.15, 0.2) is 0 Å². The van der Waals surface area contributed by atoms with Gasteiger partial charge < -0.3 is 4.74 Å². The van der Waals surface area contributed by atoms with Gasteiger partial charge in [-0.15, -0.1) is 0 Å². The normalized spacial score (nSPS) is 14.2. The van der Waals surface area contributed by atoms with Crippen LogP contribution in [0.1, 0.15) is 96.2 Å². The van der Waals surface area contributed by atoms with Crippen LogP contribution in [0.3, 0.4) is 0 Å². The van der Waals surface area contributed by atoms with Gasteiger partial charge in [0.2, 0.25) is 5.88 Å². The Morgan fingerprint density at radius 1 is 1.04 bits per heavy atom. The molecular weight excluding hydrogens is 310 g/mol. The van der Waals surface area contributed by atoms with Gasteiger partial charge >= 0.3 is 0 Å². The smallest absolute Gasteiger partial charge is 0.282 e. The summed E-state index contributed by atoms with van der Waals surface area (Å²) in [5.74, 6) is 0.484. The maximum atomic E-state index is 13.3. The maximum Gasteiger partial charge on any atom is 0.282 e. The molecular formula is C19H34F2N2O. The lowest BCUT2D eigenvalue weighted by Gasteiger charge is -2.31. The number of hydrogen-bond acceptors (Lipinski definition) is 2. The first-order valence-electron chi connectivity index (χ1n) is 9.33. The zero-order valence-electron chi connectivity index (χ0n) is 16.0. The average Bonchev–Trinajstić information content (AvgIpc) is 2.90. The molecule has 5 heteroatoms. The number of alkyl halides is 2. The van der Waals surface area contributed by atoms with Crippen LogP contribution in [0.2, 0.25) is 0 Å². The number of aromatic nitrogens is 2. The number of ether oxygens (including phenoxy) is 1. The molecule has 0 aliphatic carbocycles. The minimum atomic E-state index is -2.57. The number of hydrogen-bond donors (Lipinski definition) is 0. The van der Waals surface area contributed by atoms with E-state index in [0.29, 0.717) is 11.4 Å². The zero-order chi connectivity index (χ0) is 18.2. The Kier molecular flexibility index (Phi) is 8.71. The summed E-state index contributed by atoms with van der Waals surface area (Å²) in [7, 11) is 1.54. The van der Waals surface area contributed by atoms with E-state index >= 15 is 0 Å². The van der Waals surface area contributed by atoms with Crippen LogP contribution < -0.4 is 4.74 Å². The van der Waals surface area contributed by atoms with E-state index in [0.717, 1.165) is 32.1 Å². The summed E-state index contributed by atoms with van der Waals surface area (Å²) in [5.41, 5.74) is 0.0348. The Morgan fingerprint density at radius 3 is 2.17 bits per heavy atom. The van der Waals surface area contributed by atoms with Gasteiger partial charge in [-0.25, -0.2) is 13.5 Å². The molecule has 0 aliphatic rings. The Bertz CT molecular complexity index is 488. The molecule has 0 radical (unpaired) electrons. The van der Waals surface area contributed by atoms with Crippen molar-refractivity contribution < 1.29 is 13.5 Å². The molecule has 1 aromatic heterocycles. The fourth-order valence-electron chi connectivity index (χ4n) is 3.31. The number of unbranched alkanes of at least 4 members (excludes halogenated alkanes) is 5. The summed E-state index contributed by atoms with van der Waals surface area (Å²) in [5, 5.41) is 4.26. The predicted octanol–water partition coefficient (Wildman–Crippen LogP) is 6.40. The predicted molar refractivity (Wildman–Crippen MR) is 95.0 cm³/mol. The monoisotopic (exact) mass is 344 g/mol. The van der Waals surface area contributed by atoms with Crippen molar-refractivity contribution in [2.24, 2.45) is 0 Å². The summed E-state index contributed by atoms with van der Waals surface area (Å²) in [4.78, 5) is 0. The molecule has 1 heterocycles. The van der Waals surface area contributed by atoms with Crippen LogP contribution in [-0.2, 0) is 5.54 Å². The highest BCUT2D eigenvalue weighted by Crippen LogP contribution is 2.37. The molecule has 0 fully saturated rings. The average molecular weight is 344 g/mol. The van der Waals surface area contributed by atoms with Crippen LogP contribution in [0.5, 0.6) is 5.88 Å². The van der Waals surface area contributed by atoms with Crippen molar-refractivity contribution in [3.8, 4) is 5.88 Å². The highest BCUT2D eigenvalue weighted by Gasteiger charge is 2.33. The molecule has 1 atom stereocenters. The zero-order valence-corrected chi connectivity index (χ0v) is 16.0. The van der Waals surface area contributed by atoms with E-state index in [9.17, 15) is 8.78 Å². The Labute approximate surface area is 145 Å².